The lowest BCUT2D eigenvalue weighted by Crippen LogP contribution is -2.23. The molecule has 1 heterocycles. The van der Waals surface area contributed by atoms with Gasteiger partial charge in [-0.25, -0.2) is 9.37 Å². The molecule has 3 rings (SSSR count). The fourth-order valence-electron chi connectivity index (χ4n) is 2.73. The number of anilines is 2. The zero-order chi connectivity index (χ0) is 17.8. The Morgan fingerprint density at radius 2 is 2.12 bits per heavy atom. The molecule has 1 aromatic carbocycles. The fraction of sp³-hybridized carbons (Fsp3) is 0.278. The molecule has 0 saturated heterocycles. The molecule has 5 nitrogen and oxygen atoms in total. The van der Waals surface area contributed by atoms with Crippen LogP contribution in [-0.2, 0) is 9.59 Å². The molecule has 0 bridgehead atoms. The van der Waals surface area contributed by atoms with Crippen LogP contribution in [0.15, 0.2) is 35.7 Å². The summed E-state index contributed by atoms with van der Waals surface area (Å²) in [5.74, 6) is -0.799. The molecule has 25 heavy (non-hydrogen) atoms. The first kappa shape index (κ1) is 17.3. The molecule has 2 aromatic rings. The van der Waals surface area contributed by atoms with Gasteiger partial charge in [0.2, 0.25) is 11.8 Å². The van der Waals surface area contributed by atoms with Crippen LogP contribution in [-0.4, -0.2) is 16.8 Å². The van der Waals surface area contributed by atoms with E-state index in [1.807, 2.05) is 6.08 Å². The van der Waals surface area contributed by atoms with Gasteiger partial charge in [-0.2, -0.15) is 0 Å². The van der Waals surface area contributed by atoms with Crippen LogP contribution >= 0.6 is 11.3 Å². The Morgan fingerprint density at radius 1 is 1.28 bits per heavy atom. The van der Waals surface area contributed by atoms with Gasteiger partial charge in [0, 0.05) is 23.8 Å². The van der Waals surface area contributed by atoms with Gasteiger partial charge in [-0.15, -0.1) is 11.3 Å². The van der Waals surface area contributed by atoms with E-state index in [-0.39, 0.29) is 17.7 Å². The minimum Gasteiger partial charge on any atom is -0.326 e. The Balaban J connectivity index is 1.78. The summed E-state index contributed by atoms with van der Waals surface area (Å²) >= 11 is 1.30. The lowest BCUT2D eigenvalue weighted by atomic mass is 9.94. The normalized spacial score (nSPS) is 16.5. The van der Waals surface area contributed by atoms with Crippen LogP contribution in [0.1, 0.15) is 26.2 Å². The molecule has 7 heteroatoms. The highest BCUT2D eigenvalue weighted by Crippen LogP contribution is 2.32. The summed E-state index contributed by atoms with van der Waals surface area (Å²) in [6, 6.07) is 4.13. The number of allylic oxidation sites excluding steroid dienone is 2. The molecule has 2 amide bonds. The summed E-state index contributed by atoms with van der Waals surface area (Å²) in [7, 11) is 0. The third kappa shape index (κ3) is 4.30. The summed E-state index contributed by atoms with van der Waals surface area (Å²) in [6.45, 7) is 1.36. The van der Waals surface area contributed by atoms with Gasteiger partial charge in [0.15, 0.2) is 5.13 Å². The zero-order valence-electron chi connectivity index (χ0n) is 13.7. The number of nitrogens with zero attached hydrogens (tertiary/aromatic N) is 1. The Kier molecular flexibility index (Phi) is 5.23. The van der Waals surface area contributed by atoms with E-state index < -0.39 is 5.82 Å². The molecular weight excluding hydrogens is 341 g/mol. The molecule has 0 radical (unpaired) electrons. The minimum absolute atomic E-state index is 0.0295. The smallest absolute Gasteiger partial charge is 0.229 e. The van der Waals surface area contributed by atoms with Crippen molar-refractivity contribution >= 4 is 34.0 Å². The van der Waals surface area contributed by atoms with Crippen molar-refractivity contribution in [1.29, 1.82) is 0 Å². The molecule has 0 saturated carbocycles. The van der Waals surface area contributed by atoms with E-state index in [1.54, 1.807) is 11.4 Å². The van der Waals surface area contributed by atoms with Crippen molar-refractivity contribution in [1.82, 2.24) is 4.98 Å². The first-order valence-electron chi connectivity index (χ1n) is 8.02. The maximum absolute atomic E-state index is 13.5. The van der Waals surface area contributed by atoms with Crippen LogP contribution in [0, 0.1) is 11.7 Å². The van der Waals surface area contributed by atoms with Crippen LogP contribution in [0.5, 0.6) is 0 Å². The van der Waals surface area contributed by atoms with Crippen molar-refractivity contribution in [2.24, 2.45) is 5.92 Å². The SMILES string of the molecule is CC(=O)Nc1cc(F)ccc1-c1csc(NC(=O)C2CC=CCC2)n1. The van der Waals surface area contributed by atoms with Gasteiger partial charge >= 0.3 is 0 Å². The highest BCUT2D eigenvalue weighted by Gasteiger charge is 2.20. The number of amides is 2. The monoisotopic (exact) mass is 359 g/mol. The topological polar surface area (TPSA) is 71.1 Å². The van der Waals surface area contributed by atoms with Crippen molar-refractivity contribution in [3.8, 4) is 11.3 Å². The van der Waals surface area contributed by atoms with Crippen molar-refractivity contribution in [3.63, 3.8) is 0 Å². The number of benzene rings is 1. The van der Waals surface area contributed by atoms with Gasteiger partial charge in [0.25, 0.3) is 0 Å². The van der Waals surface area contributed by atoms with E-state index in [2.05, 4.69) is 21.7 Å². The molecule has 0 aliphatic heterocycles. The Labute approximate surface area is 149 Å². The Bertz CT molecular complexity index is 831. The summed E-state index contributed by atoms with van der Waals surface area (Å²) in [6.07, 6.45) is 6.61. The highest BCUT2D eigenvalue weighted by atomic mass is 32.1. The second-order valence-electron chi connectivity index (χ2n) is 5.88. The van der Waals surface area contributed by atoms with Crippen LogP contribution in [0.3, 0.4) is 0 Å². The predicted molar refractivity (Wildman–Crippen MR) is 96.9 cm³/mol. The lowest BCUT2D eigenvalue weighted by Gasteiger charge is -2.16. The maximum atomic E-state index is 13.5. The number of hydrogen-bond donors (Lipinski definition) is 2. The molecule has 1 atom stereocenters. The number of aromatic nitrogens is 1. The van der Waals surface area contributed by atoms with Crippen molar-refractivity contribution < 1.29 is 14.0 Å². The molecule has 130 valence electrons. The van der Waals surface area contributed by atoms with Gasteiger partial charge in [0.1, 0.15) is 5.82 Å². The number of hydrogen-bond acceptors (Lipinski definition) is 4. The second-order valence-corrected chi connectivity index (χ2v) is 6.74. The standard InChI is InChI=1S/C18H18FN3O2S/c1-11(23)20-15-9-13(19)7-8-14(15)16-10-25-18(21-16)22-17(24)12-5-3-2-4-6-12/h2-3,7-10,12H,4-6H2,1H3,(H,20,23)(H,21,22,24). The number of nitrogens with one attached hydrogen (secondary N) is 2. The van der Waals surface area contributed by atoms with Crippen molar-refractivity contribution in [2.75, 3.05) is 10.6 Å². The van der Waals surface area contributed by atoms with Gasteiger partial charge < -0.3 is 10.6 Å². The van der Waals surface area contributed by atoms with Gasteiger partial charge in [-0.1, -0.05) is 12.2 Å². The van der Waals surface area contributed by atoms with Crippen molar-refractivity contribution in [2.45, 2.75) is 26.2 Å². The van der Waals surface area contributed by atoms with Gasteiger partial charge in [-0.05, 0) is 37.5 Å². The molecule has 1 aromatic heterocycles. The number of halogens is 1. The van der Waals surface area contributed by atoms with E-state index in [4.69, 9.17) is 0 Å². The number of rotatable bonds is 4. The average molecular weight is 359 g/mol. The fourth-order valence-corrected chi connectivity index (χ4v) is 3.44. The van der Waals surface area contributed by atoms with E-state index in [1.165, 1.54) is 30.4 Å². The van der Waals surface area contributed by atoms with Crippen LogP contribution in [0.2, 0.25) is 0 Å². The van der Waals surface area contributed by atoms with Crippen molar-refractivity contribution in [3.05, 3.63) is 41.5 Å². The maximum Gasteiger partial charge on any atom is 0.229 e. The van der Waals surface area contributed by atoms with E-state index in [9.17, 15) is 14.0 Å². The quantitative estimate of drug-likeness (QED) is 0.804. The first-order chi connectivity index (χ1) is 12.0. The van der Waals surface area contributed by atoms with E-state index >= 15 is 0 Å². The third-order valence-corrected chi connectivity index (χ3v) is 4.70. The highest BCUT2D eigenvalue weighted by molar-refractivity contribution is 7.14. The van der Waals surface area contributed by atoms with Gasteiger partial charge in [0.05, 0.1) is 11.4 Å². The lowest BCUT2D eigenvalue weighted by molar-refractivity contribution is -0.120. The van der Waals surface area contributed by atoms with E-state index in [0.29, 0.717) is 22.1 Å². The molecule has 1 aliphatic carbocycles. The number of thiazole rings is 1. The molecule has 0 spiro atoms. The minimum atomic E-state index is -0.443. The molecule has 1 unspecified atom stereocenters. The number of carbonyl (C=O) groups is 2. The third-order valence-electron chi connectivity index (χ3n) is 3.94. The van der Waals surface area contributed by atoms with Gasteiger partial charge in [-0.3, -0.25) is 9.59 Å². The molecule has 1 aliphatic rings. The molecule has 2 N–H and O–H groups in total. The zero-order valence-corrected chi connectivity index (χ0v) is 14.5. The van der Waals surface area contributed by atoms with E-state index in [0.717, 1.165) is 19.3 Å². The molecular formula is C18H18FN3O2S. The summed E-state index contributed by atoms with van der Waals surface area (Å²) in [5.41, 5.74) is 1.54. The second kappa shape index (κ2) is 7.57. The Morgan fingerprint density at radius 3 is 2.84 bits per heavy atom. The average Bonchev–Trinajstić information content (AvgIpc) is 3.03. The van der Waals surface area contributed by atoms with Crippen LogP contribution < -0.4 is 10.6 Å². The Hall–Kier alpha value is -2.54. The predicted octanol–water partition coefficient (Wildman–Crippen LogP) is 4.20. The number of carbonyl (C=O) groups excluding carboxylic acids is 2. The summed E-state index contributed by atoms with van der Waals surface area (Å²) in [4.78, 5) is 28.0. The largest absolute Gasteiger partial charge is 0.326 e. The van der Waals surface area contributed by atoms with Crippen LogP contribution in [0.4, 0.5) is 15.2 Å². The molecule has 0 fully saturated rings. The summed E-state index contributed by atoms with van der Waals surface area (Å²) < 4.78 is 13.5. The van der Waals surface area contributed by atoms with Crippen LogP contribution in [0.25, 0.3) is 11.3 Å². The first-order valence-corrected chi connectivity index (χ1v) is 8.90. The summed E-state index contributed by atoms with van der Waals surface area (Å²) in [5, 5.41) is 7.72.